The largest absolute Gasteiger partial charge is 0.482 e. The highest BCUT2D eigenvalue weighted by atomic mass is 16.5. The first-order valence-corrected chi connectivity index (χ1v) is 8.09. The third kappa shape index (κ3) is 3.73. The lowest BCUT2D eigenvalue weighted by Crippen LogP contribution is -2.47. The summed E-state index contributed by atoms with van der Waals surface area (Å²) in [6.45, 7) is 3.14. The van der Waals surface area contributed by atoms with Crippen molar-refractivity contribution in [2.45, 2.75) is 12.8 Å². The van der Waals surface area contributed by atoms with E-state index in [9.17, 15) is 14.4 Å². The first kappa shape index (κ1) is 16.4. The van der Waals surface area contributed by atoms with Gasteiger partial charge >= 0.3 is 0 Å². The van der Waals surface area contributed by atoms with E-state index in [2.05, 4.69) is 10.2 Å². The monoisotopic (exact) mass is 331 g/mol. The predicted octanol–water partition coefficient (Wildman–Crippen LogP) is 0.754. The summed E-state index contributed by atoms with van der Waals surface area (Å²) in [5.74, 6) is 0.225. The minimum absolute atomic E-state index is 0.0141. The number of ketones is 1. The Kier molecular flexibility index (Phi) is 4.80. The Morgan fingerprint density at radius 2 is 1.92 bits per heavy atom. The molecule has 0 saturated carbocycles. The van der Waals surface area contributed by atoms with Crippen LogP contribution in [0.25, 0.3) is 0 Å². The van der Waals surface area contributed by atoms with Gasteiger partial charge in [0.15, 0.2) is 12.4 Å². The van der Waals surface area contributed by atoms with Crippen molar-refractivity contribution in [3.8, 4) is 5.75 Å². The molecule has 2 aliphatic heterocycles. The van der Waals surface area contributed by atoms with Crippen molar-refractivity contribution in [3.63, 3.8) is 0 Å². The van der Waals surface area contributed by atoms with E-state index in [1.54, 1.807) is 18.2 Å². The zero-order valence-corrected chi connectivity index (χ0v) is 13.7. The summed E-state index contributed by atoms with van der Waals surface area (Å²) in [7, 11) is 2.03. The second kappa shape index (κ2) is 7.00. The van der Waals surface area contributed by atoms with Crippen molar-refractivity contribution in [1.29, 1.82) is 0 Å². The van der Waals surface area contributed by atoms with Crippen molar-refractivity contribution in [2.75, 3.05) is 45.2 Å². The maximum absolute atomic E-state index is 12.3. The molecule has 0 radical (unpaired) electrons. The zero-order chi connectivity index (χ0) is 17.1. The first-order valence-electron chi connectivity index (χ1n) is 8.09. The van der Waals surface area contributed by atoms with Crippen molar-refractivity contribution in [2.24, 2.45) is 0 Å². The highest BCUT2D eigenvalue weighted by molar-refractivity contribution is 6.01. The van der Waals surface area contributed by atoms with Crippen molar-refractivity contribution in [1.82, 2.24) is 9.80 Å². The summed E-state index contributed by atoms with van der Waals surface area (Å²) in [6.07, 6.45) is 0.376. The molecule has 1 saturated heterocycles. The molecule has 0 atom stereocenters. The third-order valence-electron chi connectivity index (χ3n) is 4.36. The second-order valence-corrected chi connectivity index (χ2v) is 6.16. The lowest BCUT2D eigenvalue weighted by Gasteiger charge is -2.32. The molecule has 2 aliphatic rings. The minimum Gasteiger partial charge on any atom is -0.482 e. The molecule has 7 heteroatoms. The Bertz CT molecular complexity index is 666. The maximum atomic E-state index is 12.3. The minimum atomic E-state index is -0.239. The maximum Gasteiger partial charge on any atom is 0.262 e. The molecule has 3 rings (SSSR count). The molecular weight excluding hydrogens is 310 g/mol. The Morgan fingerprint density at radius 1 is 1.17 bits per heavy atom. The Hall–Kier alpha value is -2.41. The van der Waals surface area contributed by atoms with Gasteiger partial charge in [-0.3, -0.25) is 14.4 Å². The van der Waals surface area contributed by atoms with E-state index < -0.39 is 0 Å². The molecule has 1 aromatic carbocycles. The molecule has 0 aliphatic carbocycles. The Morgan fingerprint density at radius 3 is 2.67 bits per heavy atom. The smallest absolute Gasteiger partial charge is 0.262 e. The van der Waals surface area contributed by atoms with Crippen LogP contribution in [0.2, 0.25) is 0 Å². The molecule has 1 fully saturated rings. The van der Waals surface area contributed by atoms with E-state index >= 15 is 0 Å². The Balaban J connectivity index is 1.56. The van der Waals surface area contributed by atoms with Crippen LogP contribution in [0.3, 0.4) is 0 Å². The zero-order valence-electron chi connectivity index (χ0n) is 13.7. The summed E-state index contributed by atoms with van der Waals surface area (Å²) in [5, 5.41) is 2.68. The molecule has 128 valence electrons. The van der Waals surface area contributed by atoms with Gasteiger partial charge in [-0.05, 0) is 25.2 Å². The number of fused-ring (bicyclic) bond motifs is 1. The summed E-state index contributed by atoms with van der Waals surface area (Å²) >= 11 is 0. The number of nitrogens with zero attached hydrogens (tertiary/aromatic N) is 2. The van der Waals surface area contributed by atoms with Gasteiger partial charge in [0.25, 0.3) is 5.91 Å². The SMILES string of the molecule is CN1CCN(C(=O)CCC(=O)c2ccc3c(c2)NC(=O)CO3)CC1. The number of benzene rings is 1. The molecule has 0 bridgehead atoms. The number of piperazine rings is 1. The lowest BCUT2D eigenvalue weighted by atomic mass is 10.0. The number of carbonyl (C=O) groups excluding carboxylic acids is 3. The lowest BCUT2D eigenvalue weighted by molar-refractivity contribution is -0.132. The molecule has 0 spiro atoms. The molecular formula is C17H21N3O4. The van der Waals surface area contributed by atoms with Gasteiger partial charge in [-0.2, -0.15) is 0 Å². The van der Waals surface area contributed by atoms with Crippen molar-refractivity contribution < 1.29 is 19.1 Å². The summed E-state index contributed by atoms with van der Waals surface area (Å²) in [4.78, 5) is 39.9. The molecule has 2 amide bonds. The molecule has 24 heavy (non-hydrogen) atoms. The van der Waals surface area contributed by atoms with Gasteiger partial charge < -0.3 is 19.9 Å². The number of nitrogens with one attached hydrogen (secondary N) is 1. The fourth-order valence-corrected chi connectivity index (χ4v) is 2.84. The highest BCUT2D eigenvalue weighted by Gasteiger charge is 2.21. The van der Waals surface area contributed by atoms with Crippen molar-refractivity contribution in [3.05, 3.63) is 23.8 Å². The fraction of sp³-hybridized carbons (Fsp3) is 0.471. The fourth-order valence-electron chi connectivity index (χ4n) is 2.84. The average molecular weight is 331 g/mol. The highest BCUT2D eigenvalue weighted by Crippen LogP contribution is 2.29. The number of anilines is 1. The van der Waals surface area contributed by atoms with Gasteiger partial charge in [0.05, 0.1) is 5.69 Å². The van der Waals surface area contributed by atoms with Gasteiger partial charge in [-0.1, -0.05) is 0 Å². The van der Waals surface area contributed by atoms with Gasteiger partial charge in [-0.25, -0.2) is 0 Å². The first-order chi connectivity index (χ1) is 11.5. The van der Waals surface area contributed by atoms with Crippen molar-refractivity contribution >= 4 is 23.3 Å². The second-order valence-electron chi connectivity index (χ2n) is 6.16. The van der Waals surface area contributed by atoms with E-state index in [1.807, 2.05) is 11.9 Å². The van der Waals surface area contributed by atoms with Crippen LogP contribution < -0.4 is 10.1 Å². The molecule has 7 nitrogen and oxygen atoms in total. The van der Waals surface area contributed by atoms with E-state index in [4.69, 9.17) is 4.74 Å². The van der Waals surface area contributed by atoms with Crippen LogP contribution in [-0.2, 0) is 9.59 Å². The van der Waals surface area contributed by atoms with Gasteiger partial charge in [0.2, 0.25) is 5.91 Å². The van der Waals surface area contributed by atoms with Gasteiger partial charge in [0, 0.05) is 44.6 Å². The number of ether oxygens (including phenoxy) is 1. The van der Waals surface area contributed by atoms with Gasteiger partial charge in [-0.15, -0.1) is 0 Å². The van der Waals surface area contributed by atoms with Crippen LogP contribution in [0.1, 0.15) is 23.2 Å². The number of likely N-dealkylation sites (N-methyl/N-ethyl adjacent to an activating group) is 1. The summed E-state index contributed by atoms with van der Waals surface area (Å²) < 4.78 is 5.27. The van der Waals surface area contributed by atoms with E-state index in [1.165, 1.54) is 0 Å². The molecule has 0 unspecified atom stereocenters. The predicted molar refractivity (Wildman–Crippen MR) is 88.2 cm³/mol. The standard InChI is InChI=1S/C17H21N3O4/c1-19-6-8-20(9-7-19)17(23)5-3-14(21)12-2-4-15-13(10-12)18-16(22)11-24-15/h2,4,10H,3,5-9,11H2,1H3,(H,18,22). The summed E-state index contributed by atoms with van der Waals surface area (Å²) in [5.41, 5.74) is 0.980. The van der Waals surface area contributed by atoms with Crippen LogP contribution in [0.15, 0.2) is 18.2 Å². The topological polar surface area (TPSA) is 79.0 Å². The number of hydrogen-bond donors (Lipinski definition) is 1. The quantitative estimate of drug-likeness (QED) is 0.824. The van der Waals surface area contributed by atoms with E-state index in [0.29, 0.717) is 30.1 Å². The number of carbonyl (C=O) groups is 3. The number of rotatable bonds is 4. The molecule has 1 aromatic rings. The van der Waals surface area contributed by atoms with Crippen LogP contribution in [0, 0.1) is 0 Å². The van der Waals surface area contributed by atoms with Crippen LogP contribution in [0.4, 0.5) is 5.69 Å². The molecule has 1 N–H and O–H groups in total. The number of amides is 2. The number of Topliss-reactive ketones (excluding diaryl/α,β-unsaturated/α-hetero) is 1. The number of hydrogen-bond acceptors (Lipinski definition) is 5. The summed E-state index contributed by atoms with van der Waals surface area (Å²) in [6, 6.07) is 4.94. The van der Waals surface area contributed by atoms with Crippen LogP contribution >= 0.6 is 0 Å². The van der Waals surface area contributed by atoms with E-state index in [-0.39, 0.29) is 37.0 Å². The average Bonchev–Trinajstić information content (AvgIpc) is 2.59. The van der Waals surface area contributed by atoms with Gasteiger partial charge in [0.1, 0.15) is 5.75 Å². The van der Waals surface area contributed by atoms with Crippen LogP contribution in [-0.4, -0.2) is 67.2 Å². The van der Waals surface area contributed by atoms with Crippen LogP contribution in [0.5, 0.6) is 5.75 Å². The molecule has 0 aromatic heterocycles. The normalized spacial score (nSPS) is 17.7. The third-order valence-corrected chi connectivity index (χ3v) is 4.36. The Labute approximate surface area is 140 Å². The van der Waals surface area contributed by atoms with E-state index in [0.717, 1.165) is 13.1 Å². The molecule has 2 heterocycles.